The van der Waals surface area contributed by atoms with E-state index in [0.717, 1.165) is 18.4 Å². The number of hydrogen-bond acceptors (Lipinski definition) is 12. The van der Waals surface area contributed by atoms with Gasteiger partial charge in [-0.05, 0) is 68.7 Å². The van der Waals surface area contributed by atoms with Crippen LogP contribution in [0.3, 0.4) is 0 Å². The molecule has 0 radical (unpaired) electrons. The molecule has 0 aromatic heterocycles. The number of methoxy groups -OCH3 is 1. The molecule has 55 heavy (non-hydrogen) atoms. The van der Waals surface area contributed by atoms with Gasteiger partial charge in [-0.3, -0.25) is 4.79 Å². The number of hydrogen-bond donors (Lipinski definition) is 3. The second kappa shape index (κ2) is 16.7. The van der Waals surface area contributed by atoms with Gasteiger partial charge >= 0.3 is 5.97 Å². The van der Waals surface area contributed by atoms with E-state index < -0.39 is 66.2 Å². The minimum absolute atomic E-state index is 0.0156. The molecule has 2 aliphatic carbocycles. The summed E-state index contributed by atoms with van der Waals surface area (Å²) in [4.78, 5) is 14.4. The topological polar surface area (TPSA) is 155 Å². The highest BCUT2D eigenvalue weighted by molar-refractivity contribution is 6.06. The summed E-state index contributed by atoms with van der Waals surface area (Å²) >= 11 is 0. The fraction of sp³-hybridized carbons (Fsp3) is 0.721. The first-order valence-electron chi connectivity index (χ1n) is 20.4. The lowest BCUT2D eigenvalue weighted by Crippen LogP contribution is -2.57. The van der Waals surface area contributed by atoms with Crippen LogP contribution < -0.4 is 0 Å². The lowest BCUT2D eigenvalue weighted by atomic mass is 9.71. The third-order valence-corrected chi connectivity index (χ3v) is 13.1. The van der Waals surface area contributed by atoms with Crippen LogP contribution in [0.15, 0.2) is 64.4 Å². The summed E-state index contributed by atoms with van der Waals surface area (Å²) in [6, 6.07) is 0. The number of oxime groups is 1. The van der Waals surface area contributed by atoms with Gasteiger partial charge in [0.2, 0.25) is 0 Å². The van der Waals surface area contributed by atoms with Crippen molar-refractivity contribution in [3.63, 3.8) is 0 Å². The Hall–Kier alpha value is -2.68. The Morgan fingerprint density at radius 3 is 2.53 bits per heavy atom. The van der Waals surface area contributed by atoms with Crippen molar-refractivity contribution in [2.45, 2.75) is 159 Å². The van der Waals surface area contributed by atoms with Crippen molar-refractivity contribution in [1.29, 1.82) is 0 Å². The number of aliphatic hydroxyl groups excluding tert-OH is 1. The first kappa shape index (κ1) is 40.5. The van der Waals surface area contributed by atoms with Crippen LogP contribution in [0.2, 0.25) is 0 Å². The number of carbonyl (C=O) groups is 1. The van der Waals surface area contributed by atoms with Gasteiger partial charge in [-0.15, -0.1) is 0 Å². The number of carbonyl (C=O) groups excluding carboxylic acids is 1. The predicted octanol–water partition coefficient (Wildman–Crippen LogP) is 5.85. The second-order valence-electron chi connectivity index (χ2n) is 17.0. The van der Waals surface area contributed by atoms with Crippen LogP contribution in [0.5, 0.6) is 0 Å². The molecule has 12 heteroatoms. The van der Waals surface area contributed by atoms with E-state index in [9.17, 15) is 20.2 Å². The molecule has 4 fully saturated rings. The molecule has 3 saturated heterocycles. The van der Waals surface area contributed by atoms with E-state index in [1.807, 2.05) is 32.1 Å². The van der Waals surface area contributed by atoms with Crippen molar-refractivity contribution in [1.82, 2.24) is 0 Å². The quantitative estimate of drug-likeness (QED) is 0.137. The van der Waals surface area contributed by atoms with Crippen LogP contribution >= 0.6 is 0 Å². The number of esters is 1. The van der Waals surface area contributed by atoms with E-state index in [1.54, 1.807) is 26.2 Å². The van der Waals surface area contributed by atoms with E-state index in [2.05, 4.69) is 31.2 Å². The fourth-order valence-corrected chi connectivity index (χ4v) is 9.99. The molecular formula is C43H61NO11. The molecule has 2 bridgehead atoms. The van der Waals surface area contributed by atoms with Crippen molar-refractivity contribution in [2.24, 2.45) is 28.8 Å². The molecular weight excluding hydrogens is 706 g/mol. The fourth-order valence-electron chi connectivity index (χ4n) is 9.99. The van der Waals surface area contributed by atoms with Crippen LogP contribution in [-0.2, 0) is 38.0 Å². The zero-order chi connectivity index (χ0) is 39.1. The molecule has 5 heterocycles. The van der Waals surface area contributed by atoms with Crippen LogP contribution in [0.4, 0.5) is 0 Å². The minimum atomic E-state index is -1.85. The van der Waals surface area contributed by atoms with Crippen molar-refractivity contribution in [2.75, 3.05) is 13.7 Å². The Balaban J connectivity index is 1.26. The van der Waals surface area contributed by atoms with Crippen molar-refractivity contribution >= 4 is 11.7 Å². The third kappa shape index (κ3) is 8.08. The molecule has 304 valence electrons. The Morgan fingerprint density at radius 2 is 1.78 bits per heavy atom. The molecule has 1 saturated carbocycles. The number of fused-ring (bicyclic) bond motifs is 2. The maximum absolute atomic E-state index is 14.4. The number of aliphatic hydroxyl groups is 2. The summed E-state index contributed by atoms with van der Waals surface area (Å²) in [5, 5.41) is 36.6. The highest BCUT2D eigenvalue weighted by Gasteiger charge is 2.60. The van der Waals surface area contributed by atoms with E-state index in [4.69, 9.17) is 33.2 Å². The molecule has 1 spiro atoms. The molecule has 7 rings (SSSR count). The van der Waals surface area contributed by atoms with Crippen LogP contribution in [0, 0.1) is 23.7 Å². The number of allylic oxidation sites excluding steroid dienone is 2. The average Bonchev–Trinajstić information content (AvgIpc) is 3.50. The Kier molecular flexibility index (Phi) is 12.3. The van der Waals surface area contributed by atoms with Gasteiger partial charge in [0.05, 0.1) is 37.1 Å². The molecule has 0 unspecified atom stereocenters. The van der Waals surface area contributed by atoms with Gasteiger partial charge in [-0.2, -0.15) is 0 Å². The van der Waals surface area contributed by atoms with Gasteiger partial charge < -0.3 is 48.6 Å². The van der Waals surface area contributed by atoms with E-state index in [-0.39, 0.29) is 36.4 Å². The summed E-state index contributed by atoms with van der Waals surface area (Å²) in [6.07, 6.45) is 16.4. The highest BCUT2D eigenvalue weighted by atomic mass is 16.7. The zero-order valence-electron chi connectivity index (χ0n) is 33.2. The second-order valence-corrected chi connectivity index (χ2v) is 17.0. The van der Waals surface area contributed by atoms with Crippen molar-refractivity contribution in [3.8, 4) is 0 Å². The van der Waals surface area contributed by atoms with Gasteiger partial charge in [-0.1, -0.05) is 74.7 Å². The van der Waals surface area contributed by atoms with E-state index in [0.29, 0.717) is 42.7 Å². The summed E-state index contributed by atoms with van der Waals surface area (Å²) in [5.74, 6) is -2.30. The molecule has 14 atom stereocenters. The molecule has 0 amide bonds. The van der Waals surface area contributed by atoms with E-state index in [1.165, 1.54) is 19.3 Å². The van der Waals surface area contributed by atoms with Crippen molar-refractivity contribution < 1.29 is 53.4 Å². The standard InChI is InChI=1S/C43H61NO11/c1-24-11-10-14-30-23-50-40-36(44-48)27(4)19-33(43(30,40)47)41(46)52-32-20-31(16-15-25(2)38(24)53-35-21-34(49-6)37(45)28(5)51-35)54-42(22-32)18-17-26(3)39(55-42)29-12-8-7-9-13-29/h10-11,14-15,17-19,24,26,28-29,31-35,37-40,45,47-48H,7-9,12-13,16,20-23H2,1-6H3/b11-10+,25-15+,30-14+,44-36?/t24-,26-,28-,31+,32-,33-,34-,35-,37-,38-,39-,40+,42+,43+/m0/s1. The van der Waals surface area contributed by atoms with Gasteiger partial charge in [0.15, 0.2) is 12.1 Å². The Morgan fingerprint density at radius 1 is 1.00 bits per heavy atom. The third-order valence-electron chi connectivity index (χ3n) is 13.1. The molecule has 0 aromatic carbocycles. The molecule has 5 aliphatic heterocycles. The number of nitrogens with zero attached hydrogens (tertiary/aromatic N) is 1. The number of ether oxygens (including phenoxy) is 7. The SMILES string of the molecule is CO[C@H]1C[C@H](O[C@@H]2/C(C)=C/C[C@@H]3C[C@@H](C[C@]4(C=C[C@H](C)[C@@H](C5CCCCC5)O4)O3)OC(=O)[C@@H]3C=C(C)C(=NO)[C@H]4OC/C(=C\C=C\[C@@H]2C)[C@]43O)O[C@@H](C)[C@@H]1O. The van der Waals surface area contributed by atoms with Gasteiger partial charge in [0.25, 0.3) is 0 Å². The molecule has 7 aliphatic rings. The summed E-state index contributed by atoms with van der Waals surface area (Å²) in [7, 11) is 1.58. The first-order valence-corrected chi connectivity index (χ1v) is 20.4. The average molecular weight is 768 g/mol. The summed E-state index contributed by atoms with van der Waals surface area (Å²) in [6.45, 7) is 9.87. The molecule has 0 aromatic rings. The van der Waals surface area contributed by atoms with Crippen LogP contribution in [0.1, 0.15) is 92.4 Å². The monoisotopic (exact) mass is 767 g/mol. The van der Waals surface area contributed by atoms with E-state index >= 15 is 0 Å². The first-order chi connectivity index (χ1) is 26.4. The van der Waals surface area contributed by atoms with Crippen LogP contribution in [-0.4, -0.2) is 107 Å². The van der Waals surface area contributed by atoms with Gasteiger partial charge in [0, 0.05) is 38.2 Å². The van der Waals surface area contributed by atoms with Gasteiger partial charge in [0.1, 0.15) is 35.5 Å². The molecule has 12 nitrogen and oxygen atoms in total. The van der Waals surface area contributed by atoms with Crippen LogP contribution in [0.25, 0.3) is 0 Å². The predicted molar refractivity (Wildman–Crippen MR) is 203 cm³/mol. The minimum Gasteiger partial charge on any atom is -0.462 e. The Bertz CT molecular complexity index is 1600. The normalized spacial score (nSPS) is 47.6. The maximum Gasteiger partial charge on any atom is 0.316 e. The highest BCUT2D eigenvalue weighted by Crippen LogP contribution is 2.47. The summed E-state index contributed by atoms with van der Waals surface area (Å²) in [5.41, 5.74) is 0.299. The molecule has 3 N–H and O–H groups in total. The lowest BCUT2D eigenvalue weighted by Gasteiger charge is -2.49. The maximum atomic E-state index is 14.4. The zero-order valence-corrected chi connectivity index (χ0v) is 33.2. The Labute approximate surface area is 325 Å². The largest absolute Gasteiger partial charge is 0.462 e. The smallest absolute Gasteiger partial charge is 0.316 e. The lowest BCUT2D eigenvalue weighted by molar-refractivity contribution is -0.301. The summed E-state index contributed by atoms with van der Waals surface area (Å²) < 4.78 is 44.9. The number of rotatable bonds is 4. The van der Waals surface area contributed by atoms with Crippen molar-refractivity contribution in [3.05, 3.63) is 59.3 Å². The van der Waals surface area contributed by atoms with Gasteiger partial charge in [-0.25, -0.2) is 0 Å².